The summed E-state index contributed by atoms with van der Waals surface area (Å²) < 4.78 is 0. The van der Waals surface area contributed by atoms with Gasteiger partial charge in [0.1, 0.15) is 0 Å². The van der Waals surface area contributed by atoms with Crippen molar-refractivity contribution in [2.45, 2.75) is 52.0 Å². The summed E-state index contributed by atoms with van der Waals surface area (Å²) >= 11 is 0. The lowest BCUT2D eigenvalue weighted by atomic mass is 9.78. The van der Waals surface area contributed by atoms with E-state index in [0.717, 1.165) is 11.8 Å². The predicted octanol–water partition coefficient (Wildman–Crippen LogP) is 3.95. The molecule has 0 aliphatic heterocycles. The van der Waals surface area contributed by atoms with Gasteiger partial charge in [0.2, 0.25) is 0 Å². The molecule has 1 saturated carbocycles. The molecule has 2 rings (SSSR count). The van der Waals surface area contributed by atoms with Crippen molar-refractivity contribution in [2.24, 2.45) is 11.8 Å². The molecule has 18 heavy (non-hydrogen) atoms. The van der Waals surface area contributed by atoms with Crippen molar-refractivity contribution in [3.8, 4) is 0 Å². The fourth-order valence-electron chi connectivity index (χ4n) is 3.17. The van der Waals surface area contributed by atoms with Crippen LogP contribution in [0.3, 0.4) is 0 Å². The van der Waals surface area contributed by atoms with Gasteiger partial charge in [-0.05, 0) is 50.6 Å². The third-order valence-electron chi connectivity index (χ3n) is 4.58. The molecule has 1 unspecified atom stereocenters. The molecular weight excluding hydrogens is 218 g/mol. The number of aryl methyl sites for hydroxylation is 1. The summed E-state index contributed by atoms with van der Waals surface area (Å²) in [5.41, 5.74) is 2.82. The Morgan fingerprint density at radius 1 is 1.11 bits per heavy atom. The van der Waals surface area contributed by atoms with E-state index in [1.807, 2.05) is 0 Å². The molecule has 1 aliphatic carbocycles. The number of hydrogen-bond donors (Lipinski definition) is 1. The minimum absolute atomic E-state index is 0.653. The second-order valence-corrected chi connectivity index (χ2v) is 6.10. The van der Waals surface area contributed by atoms with Gasteiger partial charge in [-0.15, -0.1) is 0 Å². The predicted molar refractivity (Wildman–Crippen MR) is 78.9 cm³/mol. The van der Waals surface area contributed by atoms with E-state index < -0.39 is 0 Å². The van der Waals surface area contributed by atoms with Gasteiger partial charge in [-0.2, -0.15) is 0 Å². The molecule has 1 N–H and O–H groups in total. The Bertz CT molecular complexity index is 346. The molecule has 0 spiro atoms. The van der Waals surface area contributed by atoms with Gasteiger partial charge < -0.3 is 5.32 Å². The molecule has 1 aromatic carbocycles. The van der Waals surface area contributed by atoms with Crippen LogP contribution < -0.4 is 5.32 Å². The Balaban J connectivity index is 1.94. The normalized spacial score (nSPS) is 25.9. The van der Waals surface area contributed by atoms with Crippen LogP contribution in [0.2, 0.25) is 0 Å². The molecule has 1 aliphatic rings. The highest BCUT2D eigenvalue weighted by molar-refractivity contribution is 5.22. The first kappa shape index (κ1) is 13.6. The van der Waals surface area contributed by atoms with Gasteiger partial charge in [-0.3, -0.25) is 0 Å². The molecule has 0 saturated heterocycles. The summed E-state index contributed by atoms with van der Waals surface area (Å²) in [5, 5.41) is 3.55. The monoisotopic (exact) mass is 245 g/mol. The summed E-state index contributed by atoms with van der Waals surface area (Å²) in [6.45, 7) is 4.55. The van der Waals surface area contributed by atoms with Gasteiger partial charge >= 0.3 is 0 Å². The Morgan fingerprint density at radius 3 is 2.28 bits per heavy atom. The highest BCUT2D eigenvalue weighted by Crippen LogP contribution is 2.31. The van der Waals surface area contributed by atoms with Gasteiger partial charge in [0.05, 0.1) is 0 Å². The fourth-order valence-corrected chi connectivity index (χ4v) is 3.17. The van der Waals surface area contributed by atoms with Crippen LogP contribution in [0.4, 0.5) is 0 Å². The summed E-state index contributed by atoms with van der Waals surface area (Å²) in [6, 6.07) is 9.67. The third-order valence-corrected chi connectivity index (χ3v) is 4.58. The molecule has 0 amide bonds. The van der Waals surface area contributed by atoms with E-state index in [0.29, 0.717) is 6.04 Å². The summed E-state index contributed by atoms with van der Waals surface area (Å²) in [7, 11) is 2.12. The van der Waals surface area contributed by atoms with Crippen molar-refractivity contribution in [3.63, 3.8) is 0 Å². The maximum atomic E-state index is 3.55. The SMILES string of the molecule is CNC(Cc1ccc(C)cc1)C1CCC(C)CC1. The zero-order valence-electron chi connectivity index (χ0n) is 12.1. The van der Waals surface area contributed by atoms with Crippen molar-refractivity contribution < 1.29 is 0 Å². The molecule has 0 radical (unpaired) electrons. The Hall–Kier alpha value is -0.820. The van der Waals surface area contributed by atoms with E-state index in [1.165, 1.54) is 43.2 Å². The minimum atomic E-state index is 0.653. The summed E-state index contributed by atoms with van der Waals surface area (Å²) in [5.74, 6) is 1.81. The molecular formula is C17H27N. The molecule has 1 aromatic rings. The first-order chi connectivity index (χ1) is 8.69. The van der Waals surface area contributed by atoms with Crippen molar-refractivity contribution in [1.29, 1.82) is 0 Å². The van der Waals surface area contributed by atoms with Gasteiger partial charge in [-0.25, -0.2) is 0 Å². The zero-order chi connectivity index (χ0) is 13.0. The number of likely N-dealkylation sites (N-methyl/N-ethyl adjacent to an activating group) is 1. The highest BCUT2D eigenvalue weighted by atomic mass is 14.9. The number of nitrogens with one attached hydrogen (secondary N) is 1. The largest absolute Gasteiger partial charge is 0.316 e. The van der Waals surface area contributed by atoms with E-state index in [9.17, 15) is 0 Å². The van der Waals surface area contributed by atoms with Crippen molar-refractivity contribution in [2.75, 3.05) is 7.05 Å². The maximum Gasteiger partial charge on any atom is 0.0133 e. The van der Waals surface area contributed by atoms with Crippen LogP contribution in [0, 0.1) is 18.8 Å². The highest BCUT2D eigenvalue weighted by Gasteiger charge is 2.25. The average molecular weight is 245 g/mol. The quantitative estimate of drug-likeness (QED) is 0.847. The van der Waals surface area contributed by atoms with Crippen molar-refractivity contribution in [1.82, 2.24) is 5.32 Å². The van der Waals surface area contributed by atoms with Gasteiger partial charge in [-0.1, -0.05) is 49.6 Å². The average Bonchev–Trinajstić information content (AvgIpc) is 2.39. The third kappa shape index (κ3) is 3.58. The van der Waals surface area contributed by atoms with Crippen LogP contribution in [0.15, 0.2) is 24.3 Å². The Labute approximate surface area is 112 Å². The fraction of sp³-hybridized carbons (Fsp3) is 0.647. The number of hydrogen-bond acceptors (Lipinski definition) is 1. The topological polar surface area (TPSA) is 12.0 Å². The Kier molecular flexibility index (Phi) is 4.82. The molecule has 1 heteroatoms. The van der Waals surface area contributed by atoms with Crippen molar-refractivity contribution in [3.05, 3.63) is 35.4 Å². The maximum absolute atomic E-state index is 3.55. The van der Waals surface area contributed by atoms with Crippen molar-refractivity contribution >= 4 is 0 Å². The summed E-state index contributed by atoms with van der Waals surface area (Å²) in [4.78, 5) is 0. The summed E-state index contributed by atoms with van der Waals surface area (Å²) in [6.07, 6.45) is 6.81. The smallest absolute Gasteiger partial charge is 0.0133 e. The van der Waals surface area contributed by atoms with Gasteiger partial charge in [0.15, 0.2) is 0 Å². The molecule has 0 aromatic heterocycles. The molecule has 1 fully saturated rings. The van der Waals surface area contributed by atoms with E-state index in [2.05, 4.69) is 50.5 Å². The number of benzene rings is 1. The van der Waals surface area contributed by atoms with E-state index in [1.54, 1.807) is 0 Å². The van der Waals surface area contributed by atoms with Gasteiger partial charge in [0, 0.05) is 6.04 Å². The second-order valence-electron chi connectivity index (χ2n) is 6.10. The minimum Gasteiger partial charge on any atom is -0.316 e. The lowest BCUT2D eigenvalue weighted by Crippen LogP contribution is -2.37. The lowest BCUT2D eigenvalue weighted by molar-refractivity contribution is 0.235. The first-order valence-corrected chi connectivity index (χ1v) is 7.42. The molecule has 100 valence electrons. The van der Waals surface area contributed by atoms with Crippen LogP contribution in [-0.4, -0.2) is 13.1 Å². The first-order valence-electron chi connectivity index (χ1n) is 7.42. The standard InChI is InChI=1S/C17H27N/c1-13-4-8-15(9-5-13)12-17(18-3)16-10-6-14(2)7-11-16/h4-5,8-9,14,16-18H,6-7,10-12H2,1-3H3. The Morgan fingerprint density at radius 2 is 1.72 bits per heavy atom. The van der Waals surface area contributed by atoms with E-state index in [4.69, 9.17) is 0 Å². The molecule has 1 atom stereocenters. The van der Waals surface area contributed by atoms with Crippen LogP contribution in [0.25, 0.3) is 0 Å². The van der Waals surface area contributed by atoms with Crippen LogP contribution in [-0.2, 0) is 6.42 Å². The molecule has 0 heterocycles. The second kappa shape index (κ2) is 6.38. The zero-order valence-corrected chi connectivity index (χ0v) is 12.1. The van der Waals surface area contributed by atoms with Crippen LogP contribution in [0.1, 0.15) is 43.7 Å². The van der Waals surface area contributed by atoms with Crippen LogP contribution >= 0.6 is 0 Å². The van der Waals surface area contributed by atoms with E-state index in [-0.39, 0.29) is 0 Å². The lowest BCUT2D eigenvalue weighted by Gasteiger charge is -2.32. The molecule has 1 nitrogen and oxygen atoms in total. The van der Waals surface area contributed by atoms with Crippen LogP contribution in [0.5, 0.6) is 0 Å². The number of rotatable bonds is 4. The molecule has 0 bridgehead atoms. The van der Waals surface area contributed by atoms with Gasteiger partial charge in [0.25, 0.3) is 0 Å². The van der Waals surface area contributed by atoms with E-state index >= 15 is 0 Å².